The largest absolute Gasteiger partial charge is 0.486 e. The van der Waals surface area contributed by atoms with Gasteiger partial charge in [0.25, 0.3) is 0 Å². The van der Waals surface area contributed by atoms with Crippen LogP contribution in [0, 0.1) is 5.92 Å². The first-order valence-electron chi connectivity index (χ1n) is 10.2. The third-order valence-corrected chi connectivity index (χ3v) is 6.35. The molecular formula is C21H28N2O5. The number of rotatable bonds is 4. The summed E-state index contributed by atoms with van der Waals surface area (Å²) in [5, 5.41) is 12.3. The molecule has 2 fully saturated rings. The summed E-state index contributed by atoms with van der Waals surface area (Å²) in [6.45, 7) is 2.59. The fraction of sp³-hybridized carbons (Fsp3) is 0.619. The molecule has 1 aromatic carbocycles. The second-order valence-electron chi connectivity index (χ2n) is 8.13. The number of carboxylic acids is 1. The lowest BCUT2D eigenvalue weighted by Crippen LogP contribution is -2.50. The van der Waals surface area contributed by atoms with Crippen LogP contribution in [-0.2, 0) is 10.2 Å². The third kappa shape index (κ3) is 3.75. The van der Waals surface area contributed by atoms with E-state index in [9.17, 15) is 14.7 Å². The van der Waals surface area contributed by atoms with Crippen LogP contribution in [0.5, 0.6) is 11.5 Å². The number of likely N-dealkylation sites (tertiary alicyclic amines) is 1. The Morgan fingerprint density at radius 3 is 2.64 bits per heavy atom. The average Bonchev–Trinajstić information content (AvgIpc) is 3.22. The van der Waals surface area contributed by atoms with Gasteiger partial charge in [0, 0.05) is 25.0 Å². The van der Waals surface area contributed by atoms with Gasteiger partial charge in [0.05, 0.1) is 5.92 Å². The van der Waals surface area contributed by atoms with Gasteiger partial charge in [-0.15, -0.1) is 0 Å². The lowest BCUT2D eigenvalue weighted by atomic mass is 9.78. The molecule has 0 bridgehead atoms. The number of carbonyl (C=O) groups is 2. The Morgan fingerprint density at radius 1 is 1.14 bits per heavy atom. The average molecular weight is 388 g/mol. The van der Waals surface area contributed by atoms with Gasteiger partial charge < -0.3 is 24.8 Å². The van der Waals surface area contributed by atoms with Crippen LogP contribution in [-0.4, -0.2) is 54.9 Å². The Balaban J connectivity index is 1.45. The summed E-state index contributed by atoms with van der Waals surface area (Å²) in [6, 6.07) is 5.96. The molecule has 1 aliphatic carbocycles. The second kappa shape index (κ2) is 7.89. The van der Waals surface area contributed by atoms with Gasteiger partial charge in [-0.3, -0.25) is 4.79 Å². The molecule has 0 aromatic heterocycles. The number of nitrogens with zero attached hydrogens (tertiary/aromatic N) is 1. The number of urea groups is 1. The first kappa shape index (κ1) is 18.9. The fourth-order valence-corrected chi connectivity index (χ4v) is 4.71. The van der Waals surface area contributed by atoms with Gasteiger partial charge in [0.2, 0.25) is 0 Å². The van der Waals surface area contributed by atoms with Crippen molar-refractivity contribution in [1.82, 2.24) is 10.2 Å². The van der Waals surface area contributed by atoms with Gasteiger partial charge in [-0.05, 0) is 43.4 Å². The molecule has 1 atom stereocenters. The van der Waals surface area contributed by atoms with Crippen LogP contribution in [0.1, 0.15) is 44.1 Å². The van der Waals surface area contributed by atoms with Crippen LogP contribution in [0.4, 0.5) is 4.79 Å². The van der Waals surface area contributed by atoms with Crippen molar-refractivity contribution in [3.63, 3.8) is 0 Å². The van der Waals surface area contributed by atoms with E-state index < -0.39 is 11.9 Å². The Morgan fingerprint density at radius 2 is 1.89 bits per heavy atom. The Hall–Kier alpha value is -2.44. The van der Waals surface area contributed by atoms with Crippen molar-refractivity contribution in [2.45, 2.75) is 43.9 Å². The molecule has 2 amide bonds. The number of nitrogens with one attached hydrogen (secondary N) is 1. The van der Waals surface area contributed by atoms with E-state index >= 15 is 0 Å². The standard InChI is InChI=1S/C21H28N2O5/c24-19(25)15-4-3-9-23(13-15)20(26)22-14-21(7-1-2-8-21)16-5-6-17-18(12-16)28-11-10-27-17/h5-6,12,15H,1-4,7-11,13-14H2,(H,22,26)(H,24,25). The van der Waals surface area contributed by atoms with E-state index in [1.165, 1.54) is 5.56 Å². The maximum atomic E-state index is 12.7. The van der Waals surface area contributed by atoms with Gasteiger partial charge in [-0.25, -0.2) is 4.79 Å². The Bertz CT molecular complexity index is 744. The summed E-state index contributed by atoms with van der Waals surface area (Å²) in [4.78, 5) is 25.6. The van der Waals surface area contributed by atoms with E-state index in [0.29, 0.717) is 32.7 Å². The molecule has 2 N–H and O–H groups in total. The molecule has 3 aliphatic rings. The predicted octanol–water partition coefficient (Wildman–Crippen LogP) is 2.78. The van der Waals surface area contributed by atoms with Gasteiger partial charge in [0.15, 0.2) is 11.5 Å². The number of carboxylic acid groups (broad SMARTS) is 1. The number of fused-ring (bicyclic) bond motifs is 1. The molecule has 1 saturated heterocycles. The van der Waals surface area contributed by atoms with Gasteiger partial charge in [-0.1, -0.05) is 18.9 Å². The second-order valence-corrected chi connectivity index (χ2v) is 8.13. The number of amides is 2. The molecule has 2 aliphatic heterocycles. The van der Waals surface area contributed by atoms with Crippen LogP contribution in [0.25, 0.3) is 0 Å². The van der Waals surface area contributed by atoms with Gasteiger partial charge in [-0.2, -0.15) is 0 Å². The van der Waals surface area contributed by atoms with Crippen LogP contribution in [0.15, 0.2) is 18.2 Å². The summed E-state index contributed by atoms with van der Waals surface area (Å²) in [5.74, 6) is 0.278. The lowest BCUT2D eigenvalue weighted by molar-refractivity contribution is -0.143. The maximum absolute atomic E-state index is 12.7. The molecule has 152 valence electrons. The number of ether oxygens (including phenoxy) is 2. The topological polar surface area (TPSA) is 88.1 Å². The molecule has 28 heavy (non-hydrogen) atoms. The van der Waals surface area contributed by atoms with Crippen LogP contribution >= 0.6 is 0 Å². The smallest absolute Gasteiger partial charge is 0.317 e. The maximum Gasteiger partial charge on any atom is 0.317 e. The first-order chi connectivity index (χ1) is 13.6. The molecule has 1 unspecified atom stereocenters. The van der Waals surface area contributed by atoms with E-state index in [1.54, 1.807) is 4.90 Å². The molecule has 7 nitrogen and oxygen atoms in total. The summed E-state index contributed by atoms with van der Waals surface area (Å²) >= 11 is 0. The Kier molecular flexibility index (Phi) is 5.33. The molecule has 2 heterocycles. The molecule has 1 saturated carbocycles. The third-order valence-electron chi connectivity index (χ3n) is 6.35. The number of benzene rings is 1. The molecule has 1 aromatic rings. The molecule has 0 radical (unpaired) electrons. The van der Waals surface area contributed by atoms with Crippen molar-refractivity contribution in [3.05, 3.63) is 23.8 Å². The van der Waals surface area contributed by atoms with Crippen LogP contribution < -0.4 is 14.8 Å². The van der Waals surface area contributed by atoms with E-state index in [0.717, 1.165) is 43.6 Å². The fourth-order valence-electron chi connectivity index (χ4n) is 4.71. The normalized spacial score (nSPS) is 23.3. The van der Waals surface area contributed by atoms with Crippen molar-refractivity contribution in [1.29, 1.82) is 0 Å². The summed E-state index contributed by atoms with van der Waals surface area (Å²) in [7, 11) is 0. The van der Waals surface area contributed by atoms with Crippen molar-refractivity contribution in [2.24, 2.45) is 5.92 Å². The Labute approximate surface area is 165 Å². The minimum absolute atomic E-state index is 0.104. The molecular weight excluding hydrogens is 360 g/mol. The van der Waals surface area contributed by atoms with Crippen LogP contribution in [0.2, 0.25) is 0 Å². The predicted molar refractivity (Wildman–Crippen MR) is 103 cm³/mol. The number of carbonyl (C=O) groups excluding carboxylic acids is 1. The summed E-state index contributed by atoms with van der Waals surface area (Å²) < 4.78 is 11.4. The van der Waals surface area contributed by atoms with Crippen molar-refractivity contribution in [2.75, 3.05) is 32.8 Å². The number of hydrogen-bond acceptors (Lipinski definition) is 4. The van der Waals surface area contributed by atoms with Crippen LogP contribution in [0.3, 0.4) is 0 Å². The highest BCUT2D eigenvalue weighted by Gasteiger charge is 2.37. The number of piperidine rings is 1. The number of hydrogen-bond donors (Lipinski definition) is 2. The van der Waals surface area contributed by atoms with Gasteiger partial charge >= 0.3 is 12.0 Å². The van der Waals surface area contributed by atoms with E-state index in [2.05, 4.69) is 17.4 Å². The van der Waals surface area contributed by atoms with Crippen molar-refractivity contribution in [3.8, 4) is 11.5 Å². The highest BCUT2D eigenvalue weighted by atomic mass is 16.6. The van der Waals surface area contributed by atoms with E-state index in [4.69, 9.17) is 9.47 Å². The van der Waals surface area contributed by atoms with Crippen molar-refractivity contribution < 1.29 is 24.2 Å². The first-order valence-corrected chi connectivity index (χ1v) is 10.2. The summed E-state index contributed by atoms with van der Waals surface area (Å²) in [6.07, 6.45) is 5.68. The zero-order valence-corrected chi connectivity index (χ0v) is 16.1. The minimum atomic E-state index is -0.818. The minimum Gasteiger partial charge on any atom is -0.486 e. The van der Waals surface area contributed by atoms with E-state index in [-0.39, 0.29) is 18.0 Å². The quantitative estimate of drug-likeness (QED) is 0.828. The van der Waals surface area contributed by atoms with Crippen molar-refractivity contribution >= 4 is 12.0 Å². The molecule has 7 heteroatoms. The molecule has 0 spiro atoms. The zero-order chi connectivity index (χ0) is 19.6. The van der Waals surface area contributed by atoms with E-state index in [1.807, 2.05) is 6.07 Å². The highest BCUT2D eigenvalue weighted by Crippen LogP contribution is 2.43. The lowest BCUT2D eigenvalue weighted by Gasteiger charge is -2.34. The zero-order valence-electron chi connectivity index (χ0n) is 16.1. The monoisotopic (exact) mass is 388 g/mol. The van der Waals surface area contributed by atoms with Gasteiger partial charge in [0.1, 0.15) is 13.2 Å². The SMILES string of the molecule is O=C(O)C1CCCN(C(=O)NCC2(c3ccc4c(c3)OCCO4)CCCC2)C1. The molecule has 4 rings (SSSR count). The highest BCUT2D eigenvalue weighted by molar-refractivity contribution is 5.76. The summed E-state index contributed by atoms with van der Waals surface area (Å²) in [5.41, 5.74) is 1.07. The number of aliphatic carboxylic acids is 1.